The van der Waals surface area contributed by atoms with Crippen LogP contribution in [0.15, 0.2) is 17.3 Å². The number of alkyl carbamates (subject to hydrolysis) is 1. The van der Waals surface area contributed by atoms with E-state index in [1.807, 2.05) is 53.7 Å². The maximum Gasteiger partial charge on any atom is 0.408 e. The second-order valence-corrected chi connectivity index (χ2v) is 15.5. The lowest BCUT2D eigenvalue weighted by molar-refractivity contribution is -0.144. The van der Waals surface area contributed by atoms with Crippen molar-refractivity contribution in [1.29, 1.82) is 0 Å². The van der Waals surface area contributed by atoms with Crippen LogP contribution in [0.3, 0.4) is 0 Å². The maximum atomic E-state index is 14.6. The van der Waals surface area contributed by atoms with Crippen LogP contribution in [-0.2, 0) is 28.8 Å². The first-order chi connectivity index (χ1) is 23.6. The topological polar surface area (TPSA) is 165 Å². The molecule has 0 bridgehead atoms. The summed E-state index contributed by atoms with van der Waals surface area (Å²) in [6.45, 7) is 11.3. The van der Waals surface area contributed by atoms with Crippen LogP contribution >= 0.6 is 0 Å². The Kier molecular flexibility index (Phi) is 11.1. The molecule has 2 aliphatic heterocycles. The third kappa shape index (κ3) is 8.40. The van der Waals surface area contributed by atoms with E-state index in [0.717, 1.165) is 61.0 Å². The number of rotatable bonds is 12. The summed E-state index contributed by atoms with van der Waals surface area (Å²) >= 11 is 0. The molecule has 4 aliphatic rings. The van der Waals surface area contributed by atoms with E-state index in [0.29, 0.717) is 18.6 Å². The standard InChI is InChI=1S/C37H53N5O8/c1-8-11-26(29(43)33(45)38-24-14-15-24)39-32(44)28-19-37(18-27(41-50-37)23-16-21(2)30(48-7)22(3)17-23)20-42(28)34(46)31(36(4,5)6)40-35(47)49-25-12-9-10-13-25/h16-17,24-26,28,31H,8-15,18-20H2,1-7H3,(H,38,45)(H,39,44)(H,40,47)/t26-,28-,31+,37+/m0/s1. The van der Waals surface area contributed by atoms with E-state index >= 15 is 0 Å². The number of carbonyl (C=O) groups is 5. The van der Waals surface area contributed by atoms with E-state index in [1.54, 1.807) is 7.11 Å². The number of nitrogens with one attached hydrogen (secondary N) is 3. The third-order valence-electron chi connectivity index (χ3n) is 10.1. The highest BCUT2D eigenvalue weighted by Gasteiger charge is 2.56. The molecule has 4 atom stereocenters. The molecule has 50 heavy (non-hydrogen) atoms. The molecule has 13 heteroatoms. The van der Waals surface area contributed by atoms with Gasteiger partial charge in [0.05, 0.1) is 25.4 Å². The van der Waals surface area contributed by atoms with Gasteiger partial charge in [-0.1, -0.05) is 39.3 Å². The molecule has 0 aromatic heterocycles. The predicted octanol–water partition coefficient (Wildman–Crippen LogP) is 3.99. The van der Waals surface area contributed by atoms with Crippen molar-refractivity contribution in [2.24, 2.45) is 10.6 Å². The zero-order chi connectivity index (χ0) is 36.4. The highest BCUT2D eigenvalue weighted by atomic mass is 16.7. The first-order valence-corrected chi connectivity index (χ1v) is 18.0. The van der Waals surface area contributed by atoms with Gasteiger partial charge in [0.1, 0.15) is 23.9 Å². The molecule has 13 nitrogen and oxygen atoms in total. The second kappa shape index (κ2) is 15.0. The van der Waals surface area contributed by atoms with E-state index in [1.165, 1.54) is 4.90 Å². The molecule has 1 aromatic carbocycles. The molecule has 1 saturated heterocycles. The van der Waals surface area contributed by atoms with Gasteiger partial charge in [-0.3, -0.25) is 19.2 Å². The smallest absolute Gasteiger partial charge is 0.408 e. The molecule has 3 N–H and O–H groups in total. The summed E-state index contributed by atoms with van der Waals surface area (Å²) in [5.41, 5.74) is 1.62. The second-order valence-electron chi connectivity index (χ2n) is 15.5. The van der Waals surface area contributed by atoms with Crippen LogP contribution in [-0.4, -0.2) is 89.7 Å². The van der Waals surface area contributed by atoms with Gasteiger partial charge in [0.25, 0.3) is 5.91 Å². The Morgan fingerprint density at radius 2 is 1.70 bits per heavy atom. The van der Waals surface area contributed by atoms with Gasteiger partial charge in [-0.2, -0.15) is 0 Å². The van der Waals surface area contributed by atoms with Crippen LogP contribution in [0.4, 0.5) is 4.79 Å². The van der Waals surface area contributed by atoms with Crippen molar-refractivity contribution < 1.29 is 38.3 Å². The number of ketones is 1. The maximum absolute atomic E-state index is 14.6. The van der Waals surface area contributed by atoms with Crippen LogP contribution in [0.2, 0.25) is 0 Å². The summed E-state index contributed by atoms with van der Waals surface area (Å²) < 4.78 is 11.2. The van der Waals surface area contributed by atoms with Crippen LogP contribution < -0.4 is 20.7 Å². The number of hydrogen-bond acceptors (Lipinski definition) is 9. The van der Waals surface area contributed by atoms with E-state index in [-0.39, 0.29) is 31.5 Å². The number of oxime groups is 1. The van der Waals surface area contributed by atoms with Gasteiger partial charge in [-0.15, -0.1) is 0 Å². The number of aryl methyl sites for hydroxylation is 2. The Labute approximate surface area is 294 Å². The number of benzene rings is 1. The average Bonchev–Trinajstić information content (AvgIpc) is 3.40. The van der Waals surface area contributed by atoms with Gasteiger partial charge < -0.3 is 35.2 Å². The van der Waals surface area contributed by atoms with E-state index in [9.17, 15) is 24.0 Å². The number of methoxy groups -OCH3 is 1. The van der Waals surface area contributed by atoms with Gasteiger partial charge >= 0.3 is 6.09 Å². The fraction of sp³-hybridized carbons (Fsp3) is 0.676. The quantitative estimate of drug-likeness (QED) is 0.276. The van der Waals surface area contributed by atoms with Crippen LogP contribution in [0, 0.1) is 19.3 Å². The average molecular weight is 696 g/mol. The fourth-order valence-corrected chi connectivity index (χ4v) is 7.31. The fourth-order valence-electron chi connectivity index (χ4n) is 7.31. The zero-order valence-corrected chi connectivity index (χ0v) is 30.5. The van der Waals surface area contributed by atoms with Crippen molar-refractivity contribution >= 4 is 35.3 Å². The Balaban J connectivity index is 1.40. The molecule has 2 aliphatic carbocycles. The number of amides is 4. The minimum Gasteiger partial charge on any atom is -0.496 e. The number of nitrogens with zero attached hydrogens (tertiary/aromatic N) is 2. The first kappa shape index (κ1) is 37.1. The van der Waals surface area contributed by atoms with E-state index in [2.05, 4.69) is 21.1 Å². The molecular formula is C37H53N5O8. The molecule has 2 saturated carbocycles. The molecular weight excluding hydrogens is 642 g/mol. The van der Waals surface area contributed by atoms with Gasteiger partial charge in [-0.25, -0.2) is 4.79 Å². The van der Waals surface area contributed by atoms with Gasteiger partial charge in [0.15, 0.2) is 5.60 Å². The molecule has 0 radical (unpaired) electrons. The lowest BCUT2D eigenvalue weighted by Crippen LogP contribution is -2.59. The van der Waals surface area contributed by atoms with Crippen molar-refractivity contribution in [3.05, 3.63) is 28.8 Å². The van der Waals surface area contributed by atoms with Gasteiger partial charge in [0, 0.05) is 24.4 Å². The Hall–Kier alpha value is -4.16. The Morgan fingerprint density at radius 1 is 1.04 bits per heavy atom. The van der Waals surface area contributed by atoms with Gasteiger partial charge in [0.2, 0.25) is 17.6 Å². The molecule has 1 aromatic rings. The van der Waals surface area contributed by atoms with Crippen molar-refractivity contribution in [3.8, 4) is 5.75 Å². The molecule has 0 unspecified atom stereocenters. The number of likely N-dealkylation sites (tertiary alicyclic amines) is 1. The first-order valence-electron chi connectivity index (χ1n) is 18.0. The van der Waals surface area contributed by atoms with Crippen LogP contribution in [0.5, 0.6) is 5.75 Å². The van der Waals surface area contributed by atoms with Crippen molar-refractivity contribution in [2.75, 3.05) is 13.7 Å². The minimum atomic E-state index is -1.06. The van der Waals surface area contributed by atoms with Crippen molar-refractivity contribution in [1.82, 2.24) is 20.9 Å². The highest BCUT2D eigenvalue weighted by molar-refractivity contribution is 6.38. The molecule has 4 amide bonds. The normalized spacial score (nSPS) is 23.1. The summed E-state index contributed by atoms with van der Waals surface area (Å²) in [5, 5.41) is 12.8. The SMILES string of the molecule is CCC[C@H](NC(=O)[C@@H]1C[C@]2(CC(c3cc(C)c(OC)c(C)c3)=NO2)CN1C(=O)[C@@H](NC(=O)OC1CCCC1)C(C)(C)C)C(=O)C(=O)NC1CC1. The number of Topliss-reactive ketones (excluding diaryl/α,β-unsaturated/α-hetero) is 1. The monoisotopic (exact) mass is 695 g/mol. The van der Waals surface area contributed by atoms with Crippen LogP contribution in [0.1, 0.15) is 109 Å². The molecule has 3 fully saturated rings. The molecule has 1 spiro atoms. The number of carbonyl (C=O) groups excluding carboxylic acids is 5. The number of ether oxygens (including phenoxy) is 2. The van der Waals surface area contributed by atoms with Crippen LogP contribution in [0.25, 0.3) is 0 Å². The lowest BCUT2D eigenvalue weighted by Gasteiger charge is -2.35. The Bertz CT molecular complexity index is 1500. The summed E-state index contributed by atoms with van der Waals surface area (Å²) in [5.74, 6) is -1.70. The zero-order valence-electron chi connectivity index (χ0n) is 30.5. The molecule has 2 heterocycles. The summed E-state index contributed by atoms with van der Waals surface area (Å²) in [7, 11) is 1.63. The van der Waals surface area contributed by atoms with Gasteiger partial charge in [-0.05, 0) is 87.5 Å². The summed E-state index contributed by atoms with van der Waals surface area (Å²) in [6.07, 6.45) is 5.51. The molecule has 274 valence electrons. The largest absolute Gasteiger partial charge is 0.496 e. The van der Waals surface area contributed by atoms with E-state index in [4.69, 9.17) is 14.3 Å². The lowest BCUT2D eigenvalue weighted by atomic mass is 9.85. The molecule has 5 rings (SSSR count). The van der Waals surface area contributed by atoms with E-state index < -0.39 is 58.7 Å². The number of hydrogen-bond donors (Lipinski definition) is 3. The predicted molar refractivity (Wildman–Crippen MR) is 186 cm³/mol. The highest BCUT2D eigenvalue weighted by Crippen LogP contribution is 2.41. The third-order valence-corrected chi connectivity index (χ3v) is 10.1. The Morgan fingerprint density at radius 3 is 2.28 bits per heavy atom. The summed E-state index contributed by atoms with van der Waals surface area (Å²) in [6, 6.07) is 0.775. The minimum absolute atomic E-state index is 0.0126. The van der Waals surface area contributed by atoms with Crippen molar-refractivity contribution in [2.45, 2.75) is 142 Å². The van der Waals surface area contributed by atoms with Crippen molar-refractivity contribution in [3.63, 3.8) is 0 Å². The summed E-state index contributed by atoms with van der Waals surface area (Å²) in [4.78, 5) is 75.3.